The standard InChI is InChI=1S/C13H17N5.CH2O3/c14-4-1-3-10-7-11(10)12-8-18(9-17-12)13-15-5-2-6-16-13;2-1(3)4/h2,5-6,8-11H,1,3-4,7,14H2;(H2,2,3,4). The van der Waals surface area contributed by atoms with Crippen molar-refractivity contribution in [3.05, 3.63) is 36.7 Å². The highest BCUT2D eigenvalue weighted by Gasteiger charge is 2.39. The molecular weight excluding hydrogens is 286 g/mol. The lowest BCUT2D eigenvalue weighted by Gasteiger charge is -1.97. The summed E-state index contributed by atoms with van der Waals surface area (Å²) in [6.45, 7) is 0.787. The van der Waals surface area contributed by atoms with Crippen molar-refractivity contribution in [2.24, 2.45) is 11.7 Å². The van der Waals surface area contributed by atoms with Crippen molar-refractivity contribution < 1.29 is 15.0 Å². The molecule has 0 saturated heterocycles. The van der Waals surface area contributed by atoms with E-state index >= 15 is 0 Å². The molecule has 1 aliphatic rings. The second-order valence-electron chi connectivity index (χ2n) is 5.07. The zero-order chi connectivity index (χ0) is 15.9. The minimum atomic E-state index is -1.83. The molecule has 2 unspecified atom stereocenters. The molecule has 8 heteroatoms. The van der Waals surface area contributed by atoms with Gasteiger partial charge in [0.15, 0.2) is 0 Å². The maximum absolute atomic E-state index is 8.56. The summed E-state index contributed by atoms with van der Waals surface area (Å²) in [6.07, 6.45) is 9.06. The van der Waals surface area contributed by atoms with Crippen LogP contribution in [0, 0.1) is 5.92 Å². The van der Waals surface area contributed by atoms with Crippen molar-refractivity contribution in [1.82, 2.24) is 19.5 Å². The van der Waals surface area contributed by atoms with Crippen LogP contribution in [0.3, 0.4) is 0 Å². The number of carboxylic acid groups (broad SMARTS) is 2. The molecule has 0 aliphatic heterocycles. The van der Waals surface area contributed by atoms with Gasteiger partial charge in [-0.25, -0.2) is 19.7 Å². The smallest absolute Gasteiger partial charge is 0.450 e. The van der Waals surface area contributed by atoms with Crippen molar-refractivity contribution in [2.45, 2.75) is 25.2 Å². The molecule has 2 aromatic rings. The summed E-state index contributed by atoms with van der Waals surface area (Å²) in [4.78, 5) is 21.4. The summed E-state index contributed by atoms with van der Waals surface area (Å²) in [7, 11) is 0. The Labute approximate surface area is 127 Å². The Morgan fingerprint density at radius 1 is 1.32 bits per heavy atom. The maximum Gasteiger partial charge on any atom is 0.503 e. The van der Waals surface area contributed by atoms with E-state index in [0.717, 1.165) is 24.6 Å². The Kier molecular flexibility index (Phi) is 5.42. The van der Waals surface area contributed by atoms with Crippen LogP contribution in [0.2, 0.25) is 0 Å². The monoisotopic (exact) mass is 305 g/mol. The Morgan fingerprint density at radius 3 is 2.64 bits per heavy atom. The van der Waals surface area contributed by atoms with E-state index in [9.17, 15) is 0 Å². The van der Waals surface area contributed by atoms with Crippen molar-refractivity contribution in [3.8, 4) is 5.95 Å². The summed E-state index contributed by atoms with van der Waals surface area (Å²) in [5.74, 6) is 2.06. The number of aromatic nitrogens is 4. The third-order valence-corrected chi connectivity index (χ3v) is 3.47. The number of hydrogen-bond acceptors (Lipinski definition) is 5. The summed E-state index contributed by atoms with van der Waals surface area (Å²) in [5, 5.41) is 13.9. The van der Waals surface area contributed by atoms with Crippen LogP contribution < -0.4 is 5.73 Å². The van der Waals surface area contributed by atoms with E-state index in [-0.39, 0.29) is 0 Å². The lowest BCUT2D eigenvalue weighted by atomic mass is 10.1. The first-order chi connectivity index (χ1) is 10.6. The largest absolute Gasteiger partial charge is 0.503 e. The molecule has 8 nitrogen and oxygen atoms in total. The molecule has 4 N–H and O–H groups in total. The molecular formula is C14H19N5O3. The summed E-state index contributed by atoms with van der Waals surface area (Å²) < 4.78 is 1.88. The molecule has 0 radical (unpaired) electrons. The Hall–Kier alpha value is -2.48. The third kappa shape index (κ3) is 4.52. The van der Waals surface area contributed by atoms with Gasteiger partial charge in [-0.1, -0.05) is 0 Å². The van der Waals surface area contributed by atoms with Gasteiger partial charge in [-0.05, 0) is 37.8 Å². The van der Waals surface area contributed by atoms with Crippen LogP contribution >= 0.6 is 0 Å². The van der Waals surface area contributed by atoms with Crippen molar-refractivity contribution in [2.75, 3.05) is 6.54 Å². The summed E-state index contributed by atoms with van der Waals surface area (Å²) in [5.41, 5.74) is 6.69. The molecule has 0 spiro atoms. The Bertz CT molecular complexity index is 598. The maximum atomic E-state index is 8.56. The highest BCUT2D eigenvalue weighted by atomic mass is 16.6. The first kappa shape index (κ1) is 15.9. The summed E-state index contributed by atoms with van der Waals surface area (Å²) in [6, 6.07) is 1.81. The minimum Gasteiger partial charge on any atom is -0.450 e. The van der Waals surface area contributed by atoms with Crippen molar-refractivity contribution in [1.29, 1.82) is 0 Å². The molecule has 0 aromatic carbocycles. The topological polar surface area (TPSA) is 127 Å². The molecule has 3 rings (SSSR count). The Balaban J connectivity index is 0.000000396. The molecule has 0 amide bonds. The van der Waals surface area contributed by atoms with E-state index in [1.165, 1.54) is 12.8 Å². The molecule has 118 valence electrons. The van der Waals surface area contributed by atoms with E-state index in [4.69, 9.17) is 20.7 Å². The van der Waals surface area contributed by atoms with Gasteiger partial charge < -0.3 is 15.9 Å². The zero-order valence-electron chi connectivity index (χ0n) is 12.0. The number of hydrogen-bond donors (Lipinski definition) is 3. The lowest BCUT2D eigenvalue weighted by Crippen LogP contribution is -1.98. The molecule has 2 heterocycles. The number of imidazole rings is 1. The van der Waals surface area contributed by atoms with Crippen molar-refractivity contribution >= 4 is 6.16 Å². The first-order valence-electron chi connectivity index (χ1n) is 7.05. The van der Waals surface area contributed by atoms with Crippen LogP contribution in [0.25, 0.3) is 5.95 Å². The van der Waals surface area contributed by atoms with Gasteiger partial charge in [0.1, 0.15) is 6.33 Å². The average molecular weight is 305 g/mol. The summed E-state index contributed by atoms with van der Waals surface area (Å²) >= 11 is 0. The molecule has 0 bridgehead atoms. The fraction of sp³-hybridized carbons (Fsp3) is 0.429. The third-order valence-electron chi connectivity index (χ3n) is 3.47. The molecule has 1 fully saturated rings. The van der Waals surface area contributed by atoms with Crippen LogP contribution in [-0.2, 0) is 0 Å². The van der Waals surface area contributed by atoms with Gasteiger partial charge in [0.2, 0.25) is 5.95 Å². The number of nitrogens with zero attached hydrogens (tertiary/aromatic N) is 4. The van der Waals surface area contributed by atoms with E-state index < -0.39 is 6.16 Å². The van der Waals surface area contributed by atoms with Crippen LogP contribution in [0.1, 0.15) is 30.9 Å². The van der Waals surface area contributed by atoms with Gasteiger partial charge >= 0.3 is 6.16 Å². The zero-order valence-corrected chi connectivity index (χ0v) is 12.0. The predicted octanol–water partition coefficient (Wildman–Crippen LogP) is 1.73. The average Bonchev–Trinajstić information content (AvgIpc) is 3.11. The Morgan fingerprint density at radius 2 is 2.00 bits per heavy atom. The molecule has 22 heavy (non-hydrogen) atoms. The fourth-order valence-electron chi connectivity index (χ4n) is 2.37. The van der Waals surface area contributed by atoms with Gasteiger partial charge in [-0.2, -0.15) is 0 Å². The van der Waals surface area contributed by atoms with E-state index in [1.54, 1.807) is 18.7 Å². The van der Waals surface area contributed by atoms with Gasteiger partial charge in [-0.15, -0.1) is 0 Å². The van der Waals surface area contributed by atoms with Crippen LogP contribution in [0.5, 0.6) is 0 Å². The molecule has 1 aliphatic carbocycles. The first-order valence-corrected chi connectivity index (χ1v) is 7.05. The second kappa shape index (κ2) is 7.51. The van der Waals surface area contributed by atoms with E-state index in [1.807, 2.05) is 16.8 Å². The van der Waals surface area contributed by atoms with Crippen LogP contribution in [0.15, 0.2) is 31.0 Å². The van der Waals surface area contributed by atoms with E-state index in [2.05, 4.69) is 15.0 Å². The highest BCUT2D eigenvalue weighted by Crippen LogP contribution is 2.49. The number of carbonyl (C=O) groups is 1. The van der Waals surface area contributed by atoms with E-state index in [0.29, 0.717) is 11.9 Å². The molecule has 2 aromatic heterocycles. The molecule has 1 saturated carbocycles. The quantitative estimate of drug-likeness (QED) is 0.767. The predicted molar refractivity (Wildman–Crippen MR) is 78.9 cm³/mol. The van der Waals surface area contributed by atoms with Gasteiger partial charge in [0.25, 0.3) is 0 Å². The SMILES string of the molecule is NCCCC1CC1c1cn(-c2ncccn2)cn1.O=C(O)O. The lowest BCUT2D eigenvalue weighted by molar-refractivity contribution is 0.137. The van der Waals surface area contributed by atoms with Crippen LogP contribution in [0.4, 0.5) is 4.79 Å². The number of rotatable bonds is 5. The fourth-order valence-corrected chi connectivity index (χ4v) is 2.37. The van der Waals surface area contributed by atoms with Gasteiger partial charge in [0.05, 0.1) is 5.69 Å². The highest BCUT2D eigenvalue weighted by molar-refractivity contribution is 5.53. The van der Waals surface area contributed by atoms with Crippen LogP contribution in [-0.4, -0.2) is 42.4 Å². The second-order valence-corrected chi connectivity index (χ2v) is 5.07. The van der Waals surface area contributed by atoms with Gasteiger partial charge in [-0.3, -0.25) is 4.57 Å². The minimum absolute atomic E-state index is 0.613. The normalized spacial score (nSPS) is 19.1. The molecule has 2 atom stereocenters. The number of nitrogens with two attached hydrogens (primary N) is 1. The van der Waals surface area contributed by atoms with Crippen molar-refractivity contribution in [3.63, 3.8) is 0 Å². The van der Waals surface area contributed by atoms with Gasteiger partial charge in [0, 0.05) is 24.5 Å².